The third kappa shape index (κ3) is 3.06. The summed E-state index contributed by atoms with van der Waals surface area (Å²) in [6.07, 6.45) is -4.47. The number of halogens is 3. The number of alkyl halides is 3. The fraction of sp³-hybridized carbons (Fsp3) is 0.333. The highest BCUT2D eigenvalue weighted by Crippen LogP contribution is 2.35. The molecule has 8 heteroatoms. The number of anilines is 1. The summed E-state index contributed by atoms with van der Waals surface area (Å²) in [7, 11) is 0. The zero-order chi connectivity index (χ0) is 14.9. The first-order valence-electron chi connectivity index (χ1n) is 5.56. The van der Waals surface area contributed by atoms with Crippen LogP contribution < -0.4 is 4.90 Å². The van der Waals surface area contributed by atoms with Gasteiger partial charge < -0.3 is 4.74 Å². The van der Waals surface area contributed by atoms with Crippen molar-refractivity contribution in [3.63, 3.8) is 0 Å². The van der Waals surface area contributed by atoms with Gasteiger partial charge in [-0.05, 0) is 18.2 Å². The Kier molecular flexibility index (Phi) is 3.94. The Hall–Kier alpha value is -1.70. The Morgan fingerprint density at radius 2 is 2.15 bits per heavy atom. The lowest BCUT2D eigenvalue weighted by Gasteiger charge is -2.17. The Morgan fingerprint density at radius 1 is 1.45 bits per heavy atom. The Bertz CT molecular complexity index is 547. The van der Waals surface area contributed by atoms with Crippen LogP contribution in [0.4, 0.5) is 18.9 Å². The van der Waals surface area contributed by atoms with Gasteiger partial charge in [-0.2, -0.15) is 13.2 Å². The highest BCUT2D eigenvalue weighted by atomic mass is 32.2. The number of rotatable bonds is 2. The van der Waals surface area contributed by atoms with Crippen molar-refractivity contribution in [1.29, 1.82) is 0 Å². The third-order valence-corrected chi connectivity index (χ3v) is 3.59. The van der Waals surface area contributed by atoms with Crippen LogP contribution in [0.3, 0.4) is 0 Å². The predicted octanol–water partition coefficient (Wildman–Crippen LogP) is 2.63. The molecule has 0 saturated carbocycles. The van der Waals surface area contributed by atoms with Crippen molar-refractivity contribution in [3.05, 3.63) is 29.8 Å². The summed E-state index contributed by atoms with van der Waals surface area (Å²) in [5.41, 5.74) is -1.70. The van der Waals surface area contributed by atoms with Gasteiger partial charge in [-0.15, -0.1) is 0 Å². The van der Waals surface area contributed by atoms with Crippen LogP contribution in [0.2, 0.25) is 0 Å². The second kappa shape index (κ2) is 5.35. The molecule has 0 spiro atoms. The molecule has 0 radical (unpaired) electrons. The van der Waals surface area contributed by atoms with Crippen molar-refractivity contribution in [2.75, 3.05) is 10.8 Å². The number of nitrogens with zero attached hydrogens (tertiary/aromatic N) is 1. The van der Waals surface area contributed by atoms with Crippen LogP contribution in [0.15, 0.2) is 24.3 Å². The van der Waals surface area contributed by atoms with Gasteiger partial charge in [-0.3, -0.25) is 14.5 Å². The number of hydrogen-bond donors (Lipinski definition) is 0. The fourth-order valence-corrected chi connectivity index (χ4v) is 2.73. The average Bonchev–Trinajstić information content (AvgIpc) is 2.69. The molecule has 1 heterocycles. The minimum absolute atomic E-state index is 0.131. The zero-order valence-electron chi connectivity index (χ0n) is 10.3. The van der Waals surface area contributed by atoms with E-state index in [1.165, 1.54) is 19.1 Å². The number of carbonyl (C=O) groups excluding carboxylic acids is 2. The van der Waals surface area contributed by atoms with Crippen molar-refractivity contribution in [3.8, 4) is 0 Å². The first-order valence-corrected chi connectivity index (χ1v) is 6.61. The van der Waals surface area contributed by atoms with E-state index in [-0.39, 0.29) is 11.6 Å². The number of ether oxygens (including phenoxy) is 1. The largest absolute Gasteiger partial charge is 0.441 e. The number of carbonyl (C=O) groups is 2. The van der Waals surface area contributed by atoms with Gasteiger partial charge in [-0.25, -0.2) is 0 Å². The lowest BCUT2D eigenvalue weighted by Crippen LogP contribution is -2.31. The van der Waals surface area contributed by atoms with Crippen LogP contribution in [-0.4, -0.2) is 23.2 Å². The summed E-state index contributed by atoms with van der Waals surface area (Å²) in [5.74, 6) is -1.01. The smallest absolute Gasteiger partial charge is 0.416 e. The van der Waals surface area contributed by atoms with Crippen molar-refractivity contribution in [2.24, 2.45) is 0 Å². The second-order valence-corrected chi connectivity index (χ2v) is 5.07. The normalized spacial score (nSPS) is 19.3. The lowest BCUT2D eigenvalue weighted by molar-refractivity contribution is -0.147. The van der Waals surface area contributed by atoms with Crippen molar-refractivity contribution in [1.82, 2.24) is 0 Å². The first-order chi connectivity index (χ1) is 9.29. The molecule has 1 unspecified atom stereocenters. The van der Waals surface area contributed by atoms with Crippen LogP contribution in [0, 0.1) is 0 Å². The van der Waals surface area contributed by atoms with Crippen LogP contribution in [0.1, 0.15) is 12.5 Å². The van der Waals surface area contributed by atoms with E-state index in [1.807, 2.05) is 0 Å². The number of benzene rings is 1. The predicted molar refractivity (Wildman–Crippen MR) is 66.9 cm³/mol. The van der Waals surface area contributed by atoms with Crippen LogP contribution >= 0.6 is 11.8 Å². The molecule has 1 aromatic rings. The molecule has 20 heavy (non-hydrogen) atoms. The molecule has 1 aromatic carbocycles. The monoisotopic (exact) mass is 305 g/mol. The van der Waals surface area contributed by atoms with E-state index >= 15 is 0 Å². The number of thioether (sulfide) groups is 1. The summed E-state index contributed by atoms with van der Waals surface area (Å²) < 4.78 is 42.7. The van der Waals surface area contributed by atoms with E-state index in [0.29, 0.717) is 0 Å². The van der Waals surface area contributed by atoms with E-state index in [9.17, 15) is 22.8 Å². The van der Waals surface area contributed by atoms with Crippen LogP contribution in [0.25, 0.3) is 0 Å². The molecule has 0 aliphatic carbocycles. The summed E-state index contributed by atoms with van der Waals surface area (Å²) in [6.45, 7) is 1.17. The standard InChI is InChI=1S/C12H10F3NO3S/c1-7(17)19-11-10(18)16(6-20-11)9-4-2-3-8(5-9)12(13,14)15/h2-5,11H,6H2,1H3. The maximum atomic E-state index is 12.6. The molecule has 1 fully saturated rings. The number of hydrogen-bond acceptors (Lipinski definition) is 4. The van der Waals surface area contributed by atoms with Gasteiger partial charge in [-0.1, -0.05) is 17.8 Å². The number of amides is 1. The quantitative estimate of drug-likeness (QED) is 0.788. The van der Waals surface area contributed by atoms with Gasteiger partial charge in [0.15, 0.2) is 0 Å². The van der Waals surface area contributed by atoms with Gasteiger partial charge in [0, 0.05) is 12.6 Å². The molecule has 108 valence electrons. The van der Waals surface area contributed by atoms with Crippen molar-refractivity contribution >= 4 is 29.3 Å². The molecule has 1 amide bonds. The molecule has 0 aromatic heterocycles. The highest BCUT2D eigenvalue weighted by Gasteiger charge is 2.37. The maximum Gasteiger partial charge on any atom is 0.416 e. The van der Waals surface area contributed by atoms with Gasteiger partial charge >= 0.3 is 12.1 Å². The second-order valence-electron chi connectivity index (χ2n) is 4.05. The van der Waals surface area contributed by atoms with Gasteiger partial charge in [0.05, 0.1) is 11.4 Å². The fourth-order valence-electron chi connectivity index (χ4n) is 1.69. The number of esters is 1. The molecule has 0 N–H and O–H groups in total. The topological polar surface area (TPSA) is 46.6 Å². The van der Waals surface area contributed by atoms with E-state index in [4.69, 9.17) is 4.74 Å². The zero-order valence-corrected chi connectivity index (χ0v) is 11.1. The van der Waals surface area contributed by atoms with E-state index < -0.39 is 29.1 Å². The lowest BCUT2D eigenvalue weighted by atomic mass is 10.2. The minimum Gasteiger partial charge on any atom is -0.441 e. The minimum atomic E-state index is -4.47. The van der Waals surface area contributed by atoms with Crippen LogP contribution in [0.5, 0.6) is 0 Å². The summed E-state index contributed by atoms with van der Waals surface area (Å²) in [4.78, 5) is 23.9. The molecule has 2 rings (SSSR count). The molecule has 1 atom stereocenters. The SMILES string of the molecule is CC(=O)OC1SCN(c2cccc(C(F)(F)F)c2)C1=O. The third-order valence-electron chi connectivity index (χ3n) is 2.58. The van der Waals surface area contributed by atoms with Gasteiger partial charge in [0.25, 0.3) is 5.91 Å². The molecular weight excluding hydrogens is 295 g/mol. The summed E-state index contributed by atoms with van der Waals surface area (Å²) in [5, 5.41) is 0. The van der Waals surface area contributed by atoms with E-state index in [2.05, 4.69) is 0 Å². The molecule has 0 bridgehead atoms. The summed E-state index contributed by atoms with van der Waals surface area (Å²) >= 11 is 1.05. The molecule has 1 saturated heterocycles. The Balaban J connectivity index is 2.21. The van der Waals surface area contributed by atoms with E-state index in [0.717, 1.165) is 28.8 Å². The van der Waals surface area contributed by atoms with Crippen molar-refractivity contribution < 1.29 is 27.5 Å². The first kappa shape index (κ1) is 14.7. The Labute approximate surface area is 116 Å². The maximum absolute atomic E-state index is 12.6. The molecule has 4 nitrogen and oxygen atoms in total. The Morgan fingerprint density at radius 3 is 2.75 bits per heavy atom. The molecule has 1 aliphatic rings. The van der Waals surface area contributed by atoms with Gasteiger partial charge in [0.2, 0.25) is 5.44 Å². The average molecular weight is 305 g/mol. The highest BCUT2D eigenvalue weighted by molar-refractivity contribution is 8.01. The van der Waals surface area contributed by atoms with E-state index in [1.54, 1.807) is 0 Å². The van der Waals surface area contributed by atoms with Gasteiger partial charge in [0.1, 0.15) is 0 Å². The summed E-state index contributed by atoms with van der Waals surface area (Å²) in [6, 6.07) is 4.47. The molecular formula is C12H10F3NO3S. The van der Waals surface area contributed by atoms with Crippen molar-refractivity contribution in [2.45, 2.75) is 18.5 Å². The molecule has 1 aliphatic heterocycles. The van der Waals surface area contributed by atoms with Crippen LogP contribution in [-0.2, 0) is 20.5 Å².